The molecule has 0 radical (unpaired) electrons. The third-order valence-corrected chi connectivity index (χ3v) is 5.59. The normalized spacial score (nSPS) is 19.0. The van der Waals surface area contributed by atoms with Gasteiger partial charge in [0.05, 0.1) is 32.1 Å². The van der Waals surface area contributed by atoms with Gasteiger partial charge < -0.3 is 25.6 Å². The second-order valence-corrected chi connectivity index (χ2v) is 7.94. The summed E-state index contributed by atoms with van der Waals surface area (Å²) >= 11 is 0. The molecule has 2 atom stereocenters. The Morgan fingerprint density at radius 3 is 2.88 bits per heavy atom. The zero-order chi connectivity index (χ0) is 22.5. The lowest BCUT2D eigenvalue weighted by molar-refractivity contribution is 0.119. The molecule has 0 aliphatic carbocycles. The van der Waals surface area contributed by atoms with Crippen LogP contribution in [-0.2, 0) is 4.74 Å². The molecule has 0 amide bonds. The molecule has 2 heterocycles. The topological polar surface area (TPSA) is 102 Å². The fourth-order valence-corrected chi connectivity index (χ4v) is 3.69. The summed E-state index contributed by atoms with van der Waals surface area (Å²) in [4.78, 5) is 9.01. The maximum Gasteiger partial charge on any atom is 0.142 e. The zero-order valence-electron chi connectivity index (χ0n) is 18.3. The van der Waals surface area contributed by atoms with Crippen molar-refractivity contribution < 1.29 is 14.6 Å². The van der Waals surface area contributed by atoms with Gasteiger partial charge in [-0.2, -0.15) is 0 Å². The van der Waals surface area contributed by atoms with Crippen LogP contribution in [0.15, 0.2) is 59.9 Å². The first-order valence-corrected chi connectivity index (χ1v) is 10.6. The SMILES string of the molecule is COc1cc(C)ccc1Nc1cc2cc(C(C=NCC3COCC3O)=CN)ccc2cn1. The summed E-state index contributed by atoms with van der Waals surface area (Å²) in [6, 6.07) is 14.1. The van der Waals surface area contributed by atoms with Gasteiger partial charge in [0, 0.05) is 42.0 Å². The number of ether oxygens (including phenoxy) is 2. The number of aliphatic hydroxyl groups excluding tert-OH is 1. The van der Waals surface area contributed by atoms with E-state index in [1.807, 2.05) is 49.5 Å². The number of hydrogen-bond acceptors (Lipinski definition) is 7. The van der Waals surface area contributed by atoms with Crippen LogP contribution < -0.4 is 15.8 Å². The molecular weight excluding hydrogens is 404 g/mol. The average Bonchev–Trinajstić information content (AvgIpc) is 3.22. The number of aliphatic imine (C=N–C) groups is 1. The van der Waals surface area contributed by atoms with E-state index < -0.39 is 6.10 Å². The highest BCUT2D eigenvalue weighted by Crippen LogP contribution is 2.29. The van der Waals surface area contributed by atoms with Crippen LogP contribution in [0.5, 0.6) is 5.75 Å². The first-order valence-electron chi connectivity index (χ1n) is 10.6. The van der Waals surface area contributed by atoms with Crippen LogP contribution in [0.1, 0.15) is 11.1 Å². The Morgan fingerprint density at radius 1 is 1.25 bits per heavy atom. The molecule has 2 unspecified atom stereocenters. The number of aliphatic hydroxyl groups is 1. The highest BCUT2D eigenvalue weighted by molar-refractivity contribution is 6.10. The van der Waals surface area contributed by atoms with Gasteiger partial charge in [-0.15, -0.1) is 0 Å². The monoisotopic (exact) mass is 432 g/mol. The maximum atomic E-state index is 9.87. The van der Waals surface area contributed by atoms with Crippen LogP contribution in [0.3, 0.4) is 0 Å². The number of nitrogens with one attached hydrogen (secondary N) is 1. The van der Waals surface area contributed by atoms with E-state index in [9.17, 15) is 5.11 Å². The summed E-state index contributed by atoms with van der Waals surface area (Å²) in [5.41, 5.74) is 9.63. The molecule has 7 heteroatoms. The summed E-state index contributed by atoms with van der Waals surface area (Å²) in [7, 11) is 1.66. The number of fused-ring (bicyclic) bond motifs is 1. The number of nitrogens with two attached hydrogens (primary N) is 1. The third kappa shape index (κ3) is 4.90. The lowest BCUT2D eigenvalue weighted by Crippen LogP contribution is -2.20. The van der Waals surface area contributed by atoms with Crippen LogP contribution >= 0.6 is 0 Å². The minimum Gasteiger partial charge on any atom is -0.495 e. The highest BCUT2D eigenvalue weighted by atomic mass is 16.5. The van der Waals surface area contributed by atoms with E-state index in [-0.39, 0.29) is 5.92 Å². The molecule has 0 saturated carbocycles. The molecule has 1 aliphatic rings. The molecule has 2 aromatic carbocycles. The molecule has 1 saturated heterocycles. The number of anilines is 2. The molecule has 0 bridgehead atoms. The largest absolute Gasteiger partial charge is 0.495 e. The molecule has 1 aliphatic heterocycles. The Balaban J connectivity index is 1.55. The summed E-state index contributed by atoms with van der Waals surface area (Å²) in [6.07, 6.45) is 4.68. The molecule has 0 spiro atoms. The number of benzene rings is 2. The molecule has 1 aromatic heterocycles. The molecule has 4 N–H and O–H groups in total. The van der Waals surface area contributed by atoms with E-state index in [1.165, 1.54) is 0 Å². The van der Waals surface area contributed by atoms with E-state index in [4.69, 9.17) is 15.2 Å². The van der Waals surface area contributed by atoms with Gasteiger partial charge in [-0.3, -0.25) is 4.99 Å². The van der Waals surface area contributed by atoms with Crippen molar-refractivity contribution in [1.29, 1.82) is 0 Å². The van der Waals surface area contributed by atoms with Crippen molar-refractivity contribution in [3.8, 4) is 5.75 Å². The Bertz CT molecular complexity index is 1160. The van der Waals surface area contributed by atoms with Crippen molar-refractivity contribution in [2.75, 3.05) is 32.2 Å². The van der Waals surface area contributed by atoms with Crippen molar-refractivity contribution in [2.45, 2.75) is 13.0 Å². The minimum atomic E-state index is -0.455. The van der Waals surface area contributed by atoms with Gasteiger partial charge in [0.25, 0.3) is 0 Å². The summed E-state index contributed by atoms with van der Waals surface area (Å²) in [5, 5.41) is 15.3. The summed E-state index contributed by atoms with van der Waals surface area (Å²) in [5.74, 6) is 1.52. The number of nitrogens with zero attached hydrogens (tertiary/aromatic N) is 2. The number of rotatable bonds is 7. The van der Waals surface area contributed by atoms with Crippen LogP contribution in [0.4, 0.5) is 11.5 Å². The van der Waals surface area contributed by atoms with Gasteiger partial charge in [0.1, 0.15) is 11.6 Å². The third-order valence-electron chi connectivity index (χ3n) is 5.59. The Hall–Kier alpha value is -3.42. The Labute approximate surface area is 187 Å². The van der Waals surface area contributed by atoms with Gasteiger partial charge in [0.2, 0.25) is 0 Å². The molecular formula is C25H28N4O3. The molecule has 32 heavy (non-hydrogen) atoms. The van der Waals surface area contributed by atoms with Crippen molar-refractivity contribution >= 4 is 34.1 Å². The van der Waals surface area contributed by atoms with Gasteiger partial charge in [0.15, 0.2) is 0 Å². The fraction of sp³-hybridized carbons (Fsp3) is 0.280. The molecule has 4 rings (SSSR count). The number of pyridine rings is 1. The number of methoxy groups -OCH3 is 1. The number of aromatic nitrogens is 1. The van der Waals surface area contributed by atoms with Crippen molar-refractivity contribution in [3.05, 3.63) is 66.0 Å². The first-order chi connectivity index (χ1) is 15.6. The number of allylic oxidation sites excluding steroid dienone is 1. The molecule has 7 nitrogen and oxygen atoms in total. The van der Waals surface area contributed by atoms with Gasteiger partial charge in [-0.05, 0) is 47.7 Å². The lowest BCUT2D eigenvalue weighted by atomic mass is 10.0. The standard InChI is InChI=1S/C25H28N4O3/c1-16-3-6-22(24(7-16)31-2)29-25-9-19-8-17(4-5-18(19)13-28-25)20(10-26)11-27-12-21-14-32-15-23(21)30/h3-11,13,21,23,30H,12,14-15,26H2,1-2H3,(H,28,29). The highest BCUT2D eigenvalue weighted by Gasteiger charge is 2.25. The first kappa shape index (κ1) is 21.8. The van der Waals surface area contributed by atoms with Gasteiger partial charge in [-0.1, -0.05) is 18.2 Å². The molecule has 3 aromatic rings. The number of aryl methyl sites for hydroxylation is 1. The van der Waals surface area contributed by atoms with E-state index >= 15 is 0 Å². The fourth-order valence-electron chi connectivity index (χ4n) is 3.69. The Kier molecular flexibility index (Phi) is 6.68. The zero-order valence-corrected chi connectivity index (χ0v) is 18.3. The second-order valence-electron chi connectivity index (χ2n) is 7.94. The van der Waals surface area contributed by atoms with E-state index in [2.05, 4.69) is 21.4 Å². The second kappa shape index (κ2) is 9.80. The minimum absolute atomic E-state index is 0.0281. The predicted octanol–water partition coefficient (Wildman–Crippen LogP) is 3.67. The quantitative estimate of drug-likeness (QED) is 0.493. The van der Waals surface area contributed by atoms with E-state index in [0.717, 1.165) is 44.7 Å². The Morgan fingerprint density at radius 2 is 2.12 bits per heavy atom. The van der Waals surface area contributed by atoms with Crippen LogP contribution in [0.25, 0.3) is 16.3 Å². The number of hydrogen-bond donors (Lipinski definition) is 3. The van der Waals surface area contributed by atoms with Crippen molar-refractivity contribution in [2.24, 2.45) is 16.6 Å². The molecule has 166 valence electrons. The van der Waals surface area contributed by atoms with Gasteiger partial charge in [-0.25, -0.2) is 4.98 Å². The van der Waals surface area contributed by atoms with Crippen LogP contribution in [-0.4, -0.2) is 49.3 Å². The van der Waals surface area contributed by atoms with Crippen LogP contribution in [0.2, 0.25) is 0 Å². The maximum absolute atomic E-state index is 9.87. The summed E-state index contributed by atoms with van der Waals surface area (Å²) in [6.45, 7) is 3.44. The average molecular weight is 433 g/mol. The summed E-state index contributed by atoms with van der Waals surface area (Å²) < 4.78 is 10.8. The van der Waals surface area contributed by atoms with E-state index in [0.29, 0.717) is 19.8 Å². The van der Waals surface area contributed by atoms with Gasteiger partial charge >= 0.3 is 0 Å². The van der Waals surface area contributed by atoms with Crippen molar-refractivity contribution in [1.82, 2.24) is 4.98 Å². The van der Waals surface area contributed by atoms with Crippen LogP contribution in [0, 0.1) is 12.8 Å². The molecule has 1 fully saturated rings. The smallest absolute Gasteiger partial charge is 0.142 e. The van der Waals surface area contributed by atoms with E-state index in [1.54, 1.807) is 19.5 Å². The lowest BCUT2D eigenvalue weighted by Gasteiger charge is -2.12. The van der Waals surface area contributed by atoms with Crippen molar-refractivity contribution in [3.63, 3.8) is 0 Å². The predicted molar refractivity (Wildman–Crippen MR) is 129 cm³/mol.